The van der Waals surface area contributed by atoms with Gasteiger partial charge < -0.3 is 9.15 Å². The van der Waals surface area contributed by atoms with Crippen molar-refractivity contribution in [2.75, 3.05) is 7.11 Å². The second-order valence-corrected chi connectivity index (χ2v) is 4.36. The molecule has 0 saturated heterocycles. The van der Waals surface area contributed by atoms with E-state index in [9.17, 15) is 0 Å². The predicted octanol–water partition coefficient (Wildman–Crippen LogP) is 2.10. The van der Waals surface area contributed by atoms with Crippen LogP contribution in [0.25, 0.3) is 0 Å². The summed E-state index contributed by atoms with van der Waals surface area (Å²) in [6.07, 6.45) is 4.17. The van der Waals surface area contributed by atoms with Crippen molar-refractivity contribution in [2.24, 2.45) is 5.84 Å². The van der Waals surface area contributed by atoms with Gasteiger partial charge in [0.1, 0.15) is 5.75 Å². The Morgan fingerprint density at radius 2 is 2.44 bits per heavy atom. The van der Waals surface area contributed by atoms with E-state index in [4.69, 9.17) is 15.0 Å². The first-order valence-electron chi connectivity index (χ1n) is 4.93. The van der Waals surface area contributed by atoms with Crippen LogP contribution in [0.15, 0.2) is 34.5 Å². The van der Waals surface area contributed by atoms with E-state index in [0.29, 0.717) is 0 Å². The molecule has 1 atom stereocenters. The molecule has 16 heavy (non-hydrogen) atoms. The fraction of sp³-hybridized carbons (Fsp3) is 0.273. The minimum Gasteiger partial charge on any atom is -0.496 e. The van der Waals surface area contributed by atoms with E-state index in [-0.39, 0.29) is 6.04 Å². The Morgan fingerprint density at radius 3 is 3.06 bits per heavy atom. The molecule has 1 unspecified atom stereocenters. The lowest BCUT2D eigenvalue weighted by Crippen LogP contribution is -2.29. The Labute approximate surface area is 98.0 Å². The zero-order valence-electron chi connectivity index (χ0n) is 8.97. The fourth-order valence-electron chi connectivity index (χ4n) is 1.60. The summed E-state index contributed by atoms with van der Waals surface area (Å²) in [5.74, 6) is 6.45. The highest BCUT2D eigenvalue weighted by molar-refractivity contribution is 7.10. The first-order chi connectivity index (χ1) is 7.85. The number of hydrazine groups is 1. The van der Waals surface area contributed by atoms with Crippen LogP contribution in [-0.2, 0) is 6.42 Å². The average Bonchev–Trinajstić information content (AvgIpc) is 2.96. The summed E-state index contributed by atoms with van der Waals surface area (Å²) < 4.78 is 10.3. The molecule has 0 saturated carbocycles. The molecular formula is C11H14N2O2S. The van der Waals surface area contributed by atoms with Gasteiger partial charge in [0.05, 0.1) is 30.6 Å². The number of nitrogens with two attached hydrogens (primary N) is 1. The highest BCUT2D eigenvalue weighted by atomic mass is 32.1. The monoisotopic (exact) mass is 238 g/mol. The van der Waals surface area contributed by atoms with Gasteiger partial charge in [-0.3, -0.25) is 11.3 Å². The lowest BCUT2D eigenvalue weighted by Gasteiger charge is -2.14. The molecule has 0 aliphatic carbocycles. The summed E-state index contributed by atoms with van der Waals surface area (Å²) in [6, 6.07) is 3.93. The lowest BCUT2D eigenvalue weighted by atomic mass is 10.1. The molecule has 0 amide bonds. The molecule has 2 rings (SSSR count). The molecule has 0 aliphatic heterocycles. The Kier molecular flexibility index (Phi) is 3.61. The summed E-state index contributed by atoms with van der Waals surface area (Å²) in [7, 11) is 1.66. The quantitative estimate of drug-likeness (QED) is 0.618. The summed E-state index contributed by atoms with van der Waals surface area (Å²) in [5, 5.41) is 1.99. The second-order valence-electron chi connectivity index (χ2n) is 3.41. The summed E-state index contributed by atoms with van der Waals surface area (Å²) in [6.45, 7) is 0. The van der Waals surface area contributed by atoms with Crippen molar-refractivity contribution in [3.63, 3.8) is 0 Å². The van der Waals surface area contributed by atoms with Crippen molar-refractivity contribution in [3.05, 3.63) is 40.5 Å². The van der Waals surface area contributed by atoms with Crippen LogP contribution in [0.2, 0.25) is 0 Å². The lowest BCUT2D eigenvalue weighted by molar-refractivity contribution is 0.403. The number of hydrogen-bond donors (Lipinski definition) is 2. The smallest absolute Gasteiger partial charge is 0.134 e. The fourth-order valence-corrected chi connectivity index (χ4v) is 2.53. The minimum atomic E-state index is 0.0487. The maximum atomic E-state index is 5.57. The molecule has 4 nitrogen and oxygen atoms in total. The van der Waals surface area contributed by atoms with E-state index in [1.54, 1.807) is 31.0 Å². The molecule has 0 spiro atoms. The first-order valence-corrected chi connectivity index (χ1v) is 5.81. The molecule has 0 fully saturated rings. The van der Waals surface area contributed by atoms with Gasteiger partial charge in [-0.15, -0.1) is 11.3 Å². The van der Waals surface area contributed by atoms with Crippen LogP contribution in [0.3, 0.4) is 0 Å². The zero-order chi connectivity index (χ0) is 11.4. The number of furan rings is 1. The number of nitrogens with one attached hydrogen (secondary N) is 1. The maximum Gasteiger partial charge on any atom is 0.134 e. The molecule has 0 aromatic carbocycles. The molecule has 2 heterocycles. The van der Waals surface area contributed by atoms with Gasteiger partial charge in [0.15, 0.2) is 0 Å². The van der Waals surface area contributed by atoms with Crippen molar-refractivity contribution in [1.82, 2.24) is 5.43 Å². The van der Waals surface area contributed by atoms with E-state index < -0.39 is 0 Å². The van der Waals surface area contributed by atoms with Gasteiger partial charge in [-0.05, 0) is 29.5 Å². The minimum absolute atomic E-state index is 0.0487. The number of rotatable bonds is 5. The van der Waals surface area contributed by atoms with Crippen molar-refractivity contribution in [2.45, 2.75) is 12.5 Å². The average molecular weight is 238 g/mol. The summed E-state index contributed by atoms with van der Waals surface area (Å²) >= 11 is 1.63. The first kappa shape index (κ1) is 11.2. The van der Waals surface area contributed by atoms with Gasteiger partial charge in [-0.1, -0.05) is 0 Å². The van der Waals surface area contributed by atoms with Gasteiger partial charge in [0.2, 0.25) is 0 Å². The molecule has 86 valence electrons. The SMILES string of the molecule is COc1ccsc1C(Cc1ccoc1)NN. The predicted molar refractivity (Wildman–Crippen MR) is 63.3 cm³/mol. The van der Waals surface area contributed by atoms with Gasteiger partial charge in [-0.2, -0.15) is 0 Å². The standard InChI is InChI=1S/C11H14N2O2S/c1-14-10-3-5-16-11(10)9(13-12)6-8-2-4-15-7-8/h2-5,7,9,13H,6,12H2,1H3. The Balaban J connectivity index is 2.16. The molecule has 3 N–H and O–H groups in total. The van der Waals surface area contributed by atoms with Crippen LogP contribution < -0.4 is 16.0 Å². The van der Waals surface area contributed by atoms with Crippen LogP contribution in [0.5, 0.6) is 5.75 Å². The van der Waals surface area contributed by atoms with Crippen molar-refractivity contribution in [1.29, 1.82) is 0 Å². The van der Waals surface area contributed by atoms with Crippen LogP contribution in [0.4, 0.5) is 0 Å². The van der Waals surface area contributed by atoms with Crippen LogP contribution in [0, 0.1) is 0 Å². The topological polar surface area (TPSA) is 60.4 Å². The van der Waals surface area contributed by atoms with Crippen LogP contribution in [0.1, 0.15) is 16.5 Å². The van der Waals surface area contributed by atoms with Crippen molar-refractivity contribution in [3.8, 4) is 5.75 Å². The van der Waals surface area contributed by atoms with Crippen LogP contribution in [-0.4, -0.2) is 7.11 Å². The molecular weight excluding hydrogens is 224 g/mol. The number of hydrogen-bond acceptors (Lipinski definition) is 5. The second kappa shape index (κ2) is 5.16. The third kappa shape index (κ3) is 2.27. The van der Waals surface area contributed by atoms with Crippen molar-refractivity contribution < 1.29 is 9.15 Å². The molecule has 0 radical (unpaired) electrons. The van der Waals surface area contributed by atoms with Crippen LogP contribution >= 0.6 is 11.3 Å². The van der Waals surface area contributed by atoms with E-state index >= 15 is 0 Å². The third-order valence-corrected chi connectivity index (χ3v) is 3.43. The summed E-state index contributed by atoms with van der Waals surface area (Å²) in [5.41, 5.74) is 3.92. The highest BCUT2D eigenvalue weighted by Gasteiger charge is 2.17. The van der Waals surface area contributed by atoms with Gasteiger partial charge in [0.25, 0.3) is 0 Å². The van der Waals surface area contributed by atoms with Gasteiger partial charge in [-0.25, -0.2) is 0 Å². The van der Waals surface area contributed by atoms with Gasteiger partial charge in [0, 0.05) is 0 Å². The molecule has 0 bridgehead atoms. The normalized spacial score (nSPS) is 12.6. The zero-order valence-corrected chi connectivity index (χ0v) is 9.79. The number of thiophene rings is 1. The number of ether oxygens (including phenoxy) is 1. The Bertz CT molecular complexity index is 425. The molecule has 5 heteroatoms. The molecule has 2 aromatic heterocycles. The maximum absolute atomic E-state index is 5.57. The van der Waals surface area contributed by atoms with Crippen molar-refractivity contribution >= 4 is 11.3 Å². The van der Waals surface area contributed by atoms with Gasteiger partial charge >= 0.3 is 0 Å². The Hall–Kier alpha value is -1.30. The van der Waals surface area contributed by atoms with E-state index in [1.165, 1.54) is 0 Å². The highest BCUT2D eigenvalue weighted by Crippen LogP contribution is 2.32. The molecule has 0 aliphatic rings. The summed E-state index contributed by atoms with van der Waals surface area (Å²) in [4.78, 5) is 1.10. The number of methoxy groups -OCH3 is 1. The van der Waals surface area contributed by atoms with E-state index in [1.807, 2.05) is 17.5 Å². The Morgan fingerprint density at radius 1 is 1.56 bits per heavy atom. The van der Waals surface area contributed by atoms with E-state index in [2.05, 4.69) is 5.43 Å². The van der Waals surface area contributed by atoms with E-state index in [0.717, 1.165) is 22.6 Å². The largest absolute Gasteiger partial charge is 0.496 e. The third-order valence-electron chi connectivity index (χ3n) is 2.41. The molecule has 2 aromatic rings.